The van der Waals surface area contributed by atoms with Crippen molar-refractivity contribution in [2.24, 2.45) is 0 Å². The predicted molar refractivity (Wildman–Crippen MR) is 212 cm³/mol. The molecule has 1 aliphatic rings. The van der Waals surface area contributed by atoms with Gasteiger partial charge < -0.3 is 19.6 Å². The average molecular weight is 676 g/mol. The molecule has 3 unspecified atom stereocenters. The predicted octanol–water partition coefficient (Wildman–Crippen LogP) is 12.1. The summed E-state index contributed by atoms with van der Waals surface area (Å²) in [5, 5.41) is 20.5. The van der Waals surface area contributed by atoms with Gasteiger partial charge in [0.1, 0.15) is 5.58 Å². The number of furan rings is 1. The highest BCUT2D eigenvalue weighted by atomic mass is 32.1. The van der Waals surface area contributed by atoms with Gasteiger partial charge in [0.15, 0.2) is 5.58 Å². The molecule has 51 heavy (non-hydrogen) atoms. The van der Waals surface area contributed by atoms with Gasteiger partial charge in [0.25, 0.3) is 0 Å². The normalized spacial score (nSPS) is 18.2. The lowest BCUT2D eigenvalue weighted by atomic mass is 9.99. The minimum atomic E-state index is -0.311. The first-order chi connectivity index (χ1) is 25.3. The maximum atomic E-state index is 6.72. The Morgan fingerprint density at radius 3 is 1.98 bits per heavy atom. The molecule has 11 rings (SSSR count). The van der Waals surface area contributed by atoms with Gasteiger partial charge in [0.05, 0.1) is 10.9 Å². The Kier molecular flexibility index (Phi) is 6.48. The summed E-state index contributed by atoms with van der Waals surface area (Å²) in [6.45, 7) is 0. The summed E-state index contributed by atoms with van der Waals surface area (Å²) in [6.07, 6.45) is -0.704. The number of benzene rings is 7. The van der Waals surface area contributed by atoms with Crippen molar-refractivity contribution in [2.45, 2.75) is 18.6 Å². The SMILES string of the molecule is c1ccc(-c2cccc3oc4c(ccc5c6cccc(C7[N-]C(n8c9ccccc9c9ccccc98)NC(c8ccccc8)N7)c6sc54)c23)cc1. The van der Waals surface area contributed by atoms with Crippen LogP contribution >= 0.6 is 11.3 Å². The van der Waals surface area contributed by atoms with Crippen molar-refractivity contribution in [3.8, 4) is 11.1 Å². The lowest BCUT2D eigenvalue weighted by molar-refractivity contribution is 0.275. The summed E-state index contributed by atoms with van der Waals surface area (Å²) < 4.78 is 11.5. The van der Waals surface area contributed by atoms with E-state index < -0.39 is 0 Å². The number of thiophene rings is 1. The molecule has 1 fully saturated rings. The van der Waals surface area contributed by atoms with E-state index in [4.69, 9.17) is 9.73 Å². The molecule has 0 radical (unpaired) electrons. The number of nitrogens with one attached hydrogen (secondary N) is 2. The van der Waals surface area contributed by atoms with Crippen LogP contribution in [0.2, 0.25) is 0 Å². The highest BCUT2D eigenvalue weighted by Gasteiger charge is 2.26. The van der Waals surface area contributed by atoms with E-state index in [1.165, 1.54) is 42.9 Å². The number of fused-ring (bicyclic) bond motifs is 10. The van der Waals surface area contributed by atoms with E-state index in [-0.39, 0.29) is 18.6 Å². The molecule has 5 nitrogen and oxygen atoms in total. The minimum Gasteiger partial charge on any atom is -0.610 e. The van der Waals surface area contributed by atoms with E-state index in [0.29, 0.717) is 0 Å². The number of nitrogens with zero attached hydrogens (tertiary/aromatic N) is 2. The Hall–Kier alpha value is -5.76. The Bertz CT molecular complexity index is 2870. The Morgan fingerprint density at radius 2 is 1.20 bits per heavy atom. The molecule has 7 aromatic carbocycles. The maximum absolute atomic E-state index is 6.72. The Balaban J connectivity index is 1.09. The van der Waals surface area contributed by atoms with E-state index in [9.17, 15) is 0 Å². The van der Waals surface area contributed by atoms with Crippen molar-refractivity contribution in [1.82, 2.24) is 15.2 Å². The lowest BCUT2D eigenvalue weighted by Gasteiger charge is -2.51. The molecule has 10 aromatic rings. The van der Waals surface area contributed by atoms with Crippen molar-refractivity contribution in [3.05, 3.63) is 174 Å². The van der Waals surface area contributed by atoms with Crippen LogP contribution < -0.4 is 10.6 Å². The molecule has 3 aromatic heterocycles. The third-order valence-electron chi connectivity index (χ3n) is 10.5. The van der Waals surface area contributed by atoms with Crippen LogP contribution in [0.25, 0.3) is 80.4 Å². The zero-order valence-corrected chi connectivity index (χ0v) is 28.3. The van der Waals surface area contributed by atoms with Crippen LogP contribution in [-0.2, 0) is 0 Å². The van der Waals surface area contributed by atoms with Gasteiger partial charge in [-0.25, -0.2) is 0 Å². The fraction of sp³-hybridized carbons (Fsp3) is 0.0667. The van der Waals surface area contributed by atoms with Gasteiger partial charge in [0, 0.05) is 48.1 Å². The van der Waals surface area contributed by atoms with Crippen molar-refractivity contribution < 1.29 is 4.42 Å². The van der Waals surface area contributed by atoms with Crippen LogP contribution in [0.4, 0.5) is 0 Å². The highest BCUT2D eigenvalue weighted by Crippen LogP contribution is 2.47. The molecule has 6 heteroatoms. The largest absolute Gasteiger partial charge is 0.610 e. The van der Waals surface area contributed by atoms with Gasteiger partial charge in [-0.3, -0.25) is 5.32 Å². The second-order valence-electron chi connectivity index (χ2n) is 13.3. The molecular weight excluding hydrogens is 645 g/mol. The summed E-state index contributed by atoms with van der Waals surface area (Å²) in [7, 11) is 0. The summed E-state index contributed by atoms with van der Waals surface area (Å²) in [6, 6.07) is 56.0. The molecule has 4 heterocycles. The van der Waals surface area contributed by atoms with Crippen LogP contribution in [0, 0.1) is 0 Å². The number of aromatic nitrogens is 1. The van der Waals surface area contributed by atoms with Crippen molar-refractivity contribution in [3.63, 3.8) is 0 Å². The zero-order valence-electron chi connectivity index (χ0n) is 27.5. The van der Waals surface area contributed by atoms with Crippen LogP contribution in [-0.4, -0.2) is 4.57 Å². The first-order valence-corrected chi connectivity index (χ1v) is 18.2. The molecule has 3 atom stereocenters. The Morgan fingerprint density at radius 1 is 0.549 bits per heavy atom. The quantitative estimate of drug-likeness (QED) is 0.195. The second kappa shape index (κ2) is 11.4. The van der Waals surface area contributed by atoms with Gasteiger partial charge >= 0.3 is 0 Å². The van der Waals surface area contributed by atoms with Crippen molar-refractivity contribution >= 4 is 75.3 Å². The van der Waals surface area contributed by atoms with Crippen molar-refractivity contribution in [1.29, 1.82) is 0 Å². The van der Waals surface area contributed by atoms with Gasteiger partial charge in [0.2, 0.25) is 0 Å². The molecule has 1 saturated heterocycles. The summed E-state index contributed by atoms with van der Waals surface area (Å²) in [5.41, 5.74) is 8.89. The summed E-state index contributed by atoms with van der Waals surface area (Å²) in [4.78, 5) is 0. The van der Waals surface area contributed by atoms with Gasteiger partial charge in [-0.2, -0.15) is 0 Å². The Labute approximate surface area is 297 Å². The number of hydrogen-bond donors (Lipinski definition) is 2. The molecule has 2 N–H and O–H groups in total. The number of hydrogen-bond acceptors (Lipinski definition) is 4. The number of para-hydroxylation sites is 2. The summed E-state index contributed by atoms with van der Waals surface area (Å²) in [5.74, 6) is 0. The van der Waals surface area contributed by atoms with E-state index in [1.54, 1.807) is 0 Å². The maximum Gasteiger partial charge on any atom is 0.153 e. The minimum absolute atomic E-state index is 0.123. The van der Waals surface area contributed by atoms with Gasteiger partial charge in [-0.05, 0) is 52.8 Å². The highest BCUT2D eigenvalue weighted by molar-refractivity contribution is 7.26. The third kappa shape index (κ3) is 4.45. The van der Waals surface area contributed by atoms with Crippen LogP contribution in [0.1, 0.15) is 29.7 Å². The molecule has 0 saturated carbocycles. The molecule has 0 spiro atoms. The van der Waals surface area contributed by atoms with E-state index >= 15 is 0 Å². The van der Waals surface area contributed by atoms with Gasteiger partial charge in [-0.15, -0.1) is 11.3 Å². The lowest BCUT2D eigenvalue weighted by Crippen LogP contribution is -2.46. The van der Waals surface area contributed by atoms with Crippen LogP contribution in [0.3, 0.4) is 0 Å². The van der Waals surface area contributed by atoms with Gasteiger partial charge in [-0.1, -0.05) is 140 Å². The molecule has 244 valence electrons. The second-order valence-corrected chi connectivity index (χ2v) is 14.3. The third-order valence-corrected chi connectivity index (χ3v) is 11.7. The van der Waals surface area contributed by atoms with Crippen LogP contribution in [0.5, 0.6) is 0 Å². The standard InChI is InChI=1S/C45H31N4OS/c1-3-13-27(14-4-1)29-19-12-24-38-39(29)34-26-25-33-32-20-11-21-35(41(32)51-42(33)40(34)50-38)44-46-43(28-15-5-2-6-16-28)47-45(48-44)49-36-22-9-7-17-30(36)31-18-8-10-23-37(31)49/h1-26,43-47H/q-1. The molecule has 1 aliphatic heterocycles. The van der Waals surface area contributed by atoms with E-state index in [2.05, 4.69) is 173 Å². The fourth-order valence-electron chi connectivity index (χ4n) is 8.18. The molecule has 0 aliphatic carbocycles. The first kappa shape index (κ1) is 29.0. The topological polar surface area (TPSA) is 56.2 Å². The van der Waals surface area contributed by atoms with Crippen LogP contribution in [0.15, 0.2) is 162 Å². The van der Waals surface area contributed by atoms with E-state index in [1.807, 2.05) is 11.3 Å². The summed E-state index contributed by atoms with van der Waals surface area (Å²) >= 11 is 1.81. The molecule has 0 amide bonds. The zero-order chi connectivity index (χ0) is 33.5. The fourth-order valence-corrected chi connectivity index (χ4v) is 9.50. The first-order valence-electron chi connectivity index (χ1n) is 17.4. The van der Waals surface area contributed by atoms with E-state index in [0.717, 1.165) is 43.2 Å². The average Bonchev–Trinajstić information content (AvgIpc) is 3.88. The monoisotopic (exact) mass is 675 g/mol. The molecule has 0 bridgehead atoms. The van der Waals surface area contributed by atoms with Crippen molar-refractivity contribution in [2.75, 3.05) is 0 Å². The molecular formula is C45H31N4OS-. The smallest absolute Gasteiger partial charge is 0.153 e. The number of rotatable bonds is 4.